The van der Waals surface area contributed by atoms with Gasteiger partial charge in [0.1, 0.15) is 6.10 Å². The quantitative estimate of drug-likeness (QED) is 0.0521. The molecule has 0 spiro atoms. The largest absolute Gasteiger partial charge is 0.466 e. The summed E-state index contributed by atoms with van der Waals surface area (Å²) >= 11 is 0. The van der Waals surface area contributed by atoms with E-state index in [1.54, 1.807) is 0 Å². The number of nitrogens with zero attached hydrogens (tertiary/aromatic N) is 1. The van der Waals surface area contributed by atoms with E-state index in [0.717, 1.165) is 96.7 Å². The van der Waals surface area contributed by atoms with Crippen LogP contribution in [0, 0.1) is 0 Å². The normalized spacial score (nSPS) is 11.5. The minimum absolute atomic E-state index is 0.0119. The predicted molar refractivity (Wildman–Crippen MR) is 200 cm³/mol. The first-order chi connectivity index (χ1) is 23.1. The van der Waals surface area contributed by atoms with E-state index in [0.29, 0.717) is 19.4 Å². The Labute approximate surface area is 292 Å². The van der Waals surface area contributed by atoms with Crippen LogP contribution in [0.5, 0.6) is 0 Å². The zero-order chi connectivity index (χ0) is 34.5. The van der Waals surface area contributed by atoms with E-state index in [9.17, 15) is 14.7 Å². The zero-order valence-corrected chi connectivity index (χ0v) is 31.9. The first-order valence-corrected chi connectivity index (χ1v) is 20.8. The third kappa shape index (κ3) is 34.5. The molecular formula is C41H81NO5. The van der Waals surface area contributed by atoms with Gasteiger partial charge in [-0.3, -0.25) is 9.59 Å². The fraction of sp³-hybridized carbons (Fsp3) is 0.951. The van der Waals surface area contributed by atoms with E-state index in [4.69, 9.17) is 9.47 Å². The van der Waals surface area contributed by atoms with E-state index >= 15 is 0 Å². The molecule has 6 heteroatoms. The Balaban J connectivity index is 4.10. The number of ether oxygens (including phenoxy) is 2. The molecule has 0 bridgehead atoms. The Morgan fingerprint density at radius 3 is 1.43 bits per heavy atom. The van der Waals surface area contributed by atoms with Gasteiger partial charge in [-0.1, -0.05) is 136 Å². The summed E-state index contributed by atoms with van der Waals surface area (Å²) in [5, 5.41) is 9.33. The molecule has 0 atom stereocenters. The average Bonchev–Trinajstić information content (AvgIpc) is 3.07. The lowest BCUT2D eigenvalue weighted by atomic mass is 10.0. The van der Waals surface area contributed by atoms with E-state index in [-0.39, 0.29) is 24.6 Å². The van der Waals surface area contributed by atoms with Crippen molar-refractivity contribution in [2.24, 2.45) is 0 Å². The topological polar surface area (TPSA) is 76.1 Å². The molecule has 0 rings (SSSR count). The minimum atomic E-state index is -0.0490. The standard InChI is InChI=1S/C41H81NO5/c1-4-7-10-13-16-22-30-39(31-23-17-14-11-8-5-2)47-41(45)33-24-18-15-19-26-34-42(36-29-37-43)35-27-21-25-32-40(44)46-38-28-20-12-9-6-3/h39,43H,4-38H2,1-3H3. The van der Waals surface area contributed by atoms with Crippen molar-refractivity contribution in [3.05, 3.63) is 0 Å². The van der Waals surface area contributed by atoms with Crippen LogP contribution in [0.3, 0.4) is 0 Å². The Morgan fingerprint density at radius 1 is 0.489 bits per heavy atom. The Morgan fingerprint density at radius 2 is 0.894 bits per heavy atom. The lowest BCUT2D eigenvalue weighted by Gasteiger charge is -2.22. The van der Waals surface area contributed by atoms with Crippen LogP contribution in [0.25, 0.3) is 0 Å². The van der Waals surface area contributed by atoms with Crippen LogP contribution in [-0.4, -0.2) is 60.9 Å². The molecule has 0 unspecified atom stereocenters. The molecule has 0 amide bonds. The maximum absolute atomic E-state index is 12.7. The molecule has 0 saturated carbocycles. The van der Waals surface area contributed by atoms with Crippen molar-refractivity contribution >= 4 is 11.9 Å². The van der Waals surface area contributed by atoms with Gasteiger partial charge in [0.2, 0.25) is 0 Å². The third-order valence-corrected chi connectivity index (χ3v) is 9.41. The maximum atomic E-state index is 12.7. The number of unbranched alkanes of at least 4 members (excludes halogenated alkanes) is 20. The Bertz CT molecular complexity index is 642. The van der Waals surface area contributed by atoms with E-state index in [2.05, 4.69) is 25.7 Å². The number of aliphatic hydroxyl groups is 1. The summed E-state index contributed by atoms with van der Waals surface area (Å²) in [6.45, 7) is 10.5. The summed E-state index contributed by atoms with van der Waals surface area (Å²) in [5.41, 5.74) is 0. The van der Waals surface area contributed by atoms with E-state index in [1.807, 2.05) is 0 Å². The monoisotopic (exact) mass is 668 g/mol. The number of hydrogen-bond donors (Lipinski definition) is 1. The highest BCUT2D eigenvalue weighted by Gasteiger charge is 2.14. The fourth-order valence-corrected chi connectivity index (χ4v) is 6.32. The molecule has 280 valence electrons. The summed E-state index contributed by atoms with van der Waals surface area (Å²) in [6.07, 6.45) is 33.8. The predicted octanol–water partition coefficient (Wildman–Crippen LogP) is 11.5. The molecule has 0 heterocycles. The summed E-state index contributed by atoms with van der Waals surface area (Å²) < 4.78 is 11.4. The highest BCUT2D eigenvalue weighted by molar-refractivity contribution is 5.69. The van der Waals surface area contributed by atoms with Gasteiger partial charge in [0.25, 0.3) is 0 Å². The van der Waals surface area contributed by atoms with Crippen LogP contribution in [0.2, 0.25) is 0 Å². The van der Waals surface area contributed by atoms with Gasteiger partial charge in [-0.25, -0.2) is 0 Å². The van der Waals surface area contributed by atoms with Gasteiger partial charge in [0.05, 0.1) is 6.61 Å². The molecule has 0 aliphatic rings. The summed E-state index contributed by atoms with van der Waals surface area (Å²) in [4.78, 5) is 27.1. The van der Waals surface area contributed by atoms with Gasteiger partial charge in [0.15, 0.2) is 0 Å². The lowest BCUT2D eigenvalue weighted by molar-refractivity contribution is -0.150. The van der Waals surface area contributed by atoms with Crippen molar-refractivity contribution in [2.75, 3.05) is 32.8 Å². The number of carbonyl (C=O) groups excluding carboxylic acids is 2. The van der Waals surface area contributed by atoms with Gasteiger partial charge >= 0.3 is 11.9 Å². The summed E-state index contributed by atoms with van der Waals surface area (Å²) in [6, 6.07) is 0. The van der Waals surface area contributed by atoms with Crippen LogP contribution >= 0.6 is 0 Å². The molecule has 6 nitrogen and oxygen atoms in total. The summed E-state index contributed by atoms with van der Waals surface area (Å²) in [5.74, 6) is -0.0372. The first-order valence-electron chi connectivity index (χ1n) is 20.8. The van der Waals surface area contributed by atoms with Gasteiger partial charge in [0, 0.05) is 26.0 Å². The molecule has 0 aromatic carbocycles. The number of esters is 2. The van der Waals surface area contributed by atoms with Crippen molar-refractivity contribution in [1.82, 2.24) is 4.90 Å². The number of carbonyl (C=O) groups is 2. The highest BCUT2D eigenvalue weighted by atomic mass is 16.5. The lowest BCUT2D eigenvalue weighted by Crippen LogP contribution is -2.28. The molecule has 0 aliphatic carbocycles. The molecule has 0 radical (unpaired) electrons. The van der Waals surface area contributed by atoms with E-state index in [1.165, 1.54) is 103 Å². The van der Waals surface area contributed by atoms with Crippen molar-refractivity contribution < 1.29 is 24.2 Å². The Hall–Kier alpha value is -1.14. The molecule has 47 heavy (non-hydrogen) atoms. The molecule has 0 fully saturated rings. The van der Waals surface area contributed by atoms with Crippen molar-refractivity contribution in [3.8, 4) is 0 Å². The second kappa shape index (κ2) is 37.7. The highest BCUT2D eigenvalue weighted by Crippen LogP contribution is 2.18. The smallest absolute Gasteiger partial charge is 0.306 e. The van der Waals surface area contributed by atoms with Gasteiger partial charge in [-0.15, -0.1) is 0 Å². The van der Waals surface area contributed by atoms with Crippen LogP contribution in [0.15, 0.2) is 0 Å². The summed E-state index contributed by atoms with van der Waals surface area (Å²) in [7, 11) is 0. The molecule has 1 N–H and O–H groups in total. The zero-order valence-electron chi connectivity index (χ0n) is 31.9. The minimum Gasteiger partial charge on any atom is -0.466 e. The van der Waals surface area contributed by atoms with Crippen LogP contribution in [0.4, 0.5) is 0 Å². The molecule has 0 aliphatic heterocycles. The molecule has 0 aromatic rings. The maximum Gasteiger partial charge on any atom is 0.306 e. The number of aliphatic hydroxyl groups excluding tert-OH is 1. The second-order valence-electron chi connectivity index (χ2n) is 14.1. The van der Waals surface area contributed by atoms with Crippen LogP contribution < -0.4 is 0 Å². The van der Waals surface area contributed by atoms with Crippen molar-refractivity contribution in [3.63, 3.8) is 0 Å². The molecular weight excluding hydrogens is 586 g/mol. The van der Waals surface area contributed by atoms with Gasteiger partial charge < -0.3 is 19.5 Å². The van der Waals surface area contributed by atoms with Gasteiger partial charge in [-0.05, 0) is 77.3 Å². The van der Waals surface area contributed by atoms with Crippen molar-refractivity contribution in [2.45, 2.75) is 219 Å². The van der Waals surface area contributed by atoms with Crippen LogP contribution in [-0.2, 0) is 19.1 Å². The number of rotatable bonds is 38. The number of hydrogen-bond acceptors (Lipinski definition) is 6. The van der Waals surface area contributed by atoms with Gasteiger partial charge in [-0.2, -0.15) is 0 Å². The molecule has 0 aromatic heterocycles. The Kier molecular flexibility index (Phi) is 36.8. The first kappa shape index (κ1) is 45.9. The van der Waals surface area contributed by atoms with Crippen molar-refractivity contribution in [1.29, 1.82) is 0 Å². The fourth-order valence-electron chi connectivity index (χ4n) is 6.32. The third-order valence-electron chi connectivity index (χ3n) is 9.41. The van der Waals surface area contributed by atoms with E-state index < -0.39 is 0 Å². The molecule has 0 saturated heterocycles. The SMILES string of the molecule is CCCCCCCCC(CCCCCCCC)OC(=O)CCCCCCCN(CCCO)CCCCCC(=O)OCCCCCCC. The second-order valence-corrected chi connectivity index (χ2v) is 14.1. The van der Waals surface area contributed by atoms with Crippen LogP contribution in [0.1, 0.15) is 213 Å². The average molecular weight is 668 g/mol.